The molecule has 49 heavy (non-hydrogen) atoms. The molecule has 0 spiro atoms. The fourth-order valence-electron chi connectivity index (χ4n) is 6.63. The molecule has 3 heterocycles. The average molecular weight is 638 g/mol. The first kappa shape index (κ1) is 30.3. The van der Waals surface area contributed by atoms with Crippen LogP contribution in [0.25, 0.3) is 78.0 Å². The summed E-state index contributed by atoms with van der Waals surface area (Å²) in [6, 6.07) is 48.5. The van der Waals surface area contributed by atoms with Crippen molar-refractivity contribution in [1.29, 1.82) is 0 Å². The fourth-order valence-corrected chi connectivity index (χ4v) is 6.63. The van der Waals surface area contributed by atoms with Gasteiger partial charge >= 0.3 is 7.12 Å². The van der Waals surface area contributed by atoms with E-state index in [1.165, 1.54) is 0 Å². The van der Waals surface area contributed by atoms with Gasteiger partial charge in [-0.3, -0.25) is 4.57 Å². The zero-order valence-corrected chi connectivity index (χ0v) is 27.1. The second kappa shape index (κ2) is 12.5. The highest BCUT2D eigenvalue weighted by Gasteiger charge is 2.22. The molecule has 0 aliphatic carbocycles. The van der Waals surface area contributed by atoms with Crippen molar-refractivity contribution in [1.82, 2.24) is 24.1 Å². The topological polar surface area (TPSA) is 89.0 Å². The summed E-state index contributed by atoms with van der Waals surface area (Å²) < 4.78 is 4.34. The van der Waals surface area contributed by atoms with Crippen LogP contribution in [0.5, 0.6) is 0 Å². The van der Waals surface area contributed by atoms with Crippen LogP contribution >= 0.6 is 0 Å². The minimum atomic E-state index is -1.61. The number of hydrogen-bond donors (Lipinski definition) is 2. The lowest BCUT2D eigenvalue weighted by atomic mass is 9.80. The molecule has 0 aliphatic rings. The first-order chi connectivity index (χ1) is 24.1. The lowest BCUT2D eigenvalue weighted by molar-refractivity contribution is 0.426. The number of para-hydroxylation sites is 2. The summed E-state index contributed by atoms with van der Waals surface area (Å²) in [6.45, 7) is 4.00. The van der Waals surface area contributed by atoms with Gasteiger partial charge in [-0.05, 0) is 41.9 Å². The molecule has 0 aliphatic heterocycles. The van der Waals surface area contributed by atoms with Crippen LogP contribution in [0.1, 0.15) is 13.8 Å². The van der Waals surface area contributed by atoms with Crippen molar-refractivity contribution in [3.8, 4) is 34.4 Å². The molecule has 0 fully saturated rings. The zero-order chi connectivity index (χ0) is 33.5. The van der Waals surface area contributed by atoms with Gasteiger partial charge in [0.15, 0.2) is 11.6 Å². The van der Waals surface area contributed by atoms with Gasteiger partial charge < -0.3 is 14.6 Å². The Morgan fingerprint density at radius 2 is 0.939 bits per heavy atom. The molecular weight excluding hydrogens is 605 g/mol. The highest BCUT2D eigenvalue weighted by Crippen LogP contribution is 2.39. The number of benzene rings is 6. The third kappa shape index (κ3) is 5.15. The first-order valence-corrected chi connectivity index (χ1v) is 16.4. The Morgan fingerprint density at radius 3 is 1.55 bits per heavy atom. The smallest absolute Gasteiger partial charge is 0.423 e. The molecular formula is C41H32BN5O2. The number of nitrogens with zero attached hydrogens (tertiary/aromatic N) is 5. The van der Waals surface area contributed by atoms with E-state index >= 15 is 0 Å². The van der Waals surface area contributed by atoms with Crippen molar-refractivity contribution in [2.24, 2.45) is 0 Å². The van der Waals surface area contributed by atoms with Gasteiger partial charge in [-0.15, -0.1) is 0 Å². The van der Waals surface area contributed by atoms with E-state index in [1.807, 2.05) is 105 Å². The third-order valence-corrected chi connectivity index (χ3v) is 8.78. The lowest BCUT2D eigenvalue weighted by Gasteiger charge is -2.11. The van der Waals surface area contributed by atoms with Crippen LogP contribution < -0.4 is 5.46 Å². The molecule has 0 bridgehead atoms. The summed E-state index contributed by atoms with van der Waals surface area (Å²) >= 11 is 0. The second-order valence-electron chi connectivity index (χ2n) is 11.6. The van der Waals surface area contributed by atoms with E-state index in [4.69, 9.17) is 15.0 Å². The molecule has 236 valence electrons. The van der Waals surface area contributed by atoms with Crippen molar-refractivity contribution < 1.29 is 10.0 Å². The second-order valence-corrected chi connectivity index (χ2v) is 11.6. The molecule has 8 heteroatoms. The quantitative estimate of drug-likeness (QED) is 0.186. The van der Waals surface area contributed by atoms with E-state index in [9.17, 15) is 10.0 Å². The van der Waals surface area contributed by atoms with Crippen molar-refractivity contribution in [2.75, 3.05) is 0 Å². The Kier molecular flexibility index (Phi) is 7.72. The largest absolute Gasteiger partial charge is 0.488 e. The molecule has 6 aromatic carbocycles. The highest BCUT2D eigenvalue weighted by molar-refractivity contribution is 6.59. The van der Waals surface area contributed by atoms with Gasteiger partial charge in [-0.1, -0.05) is 123 Å². The first-order valence-electron chi connectivity index (χ1n) is 16.4. The van der Waals surface area contributed by atoms with E-state index in [-0.39, 0.29) is 0 Å². The van der Waals surface area contributed by atoms with E-state index in [2.05, 4.69) is 57.7 Å². The minimum Gasteiger partial charge on any atom is -0.423 e. The normalized spacial score (nSPS) is 11.3. The zero-order valence-electron chi connectivity index (χ0n) is 27.1. The van der Waals surface area contributed by atoms with E-state index in [1.54, 1.807) is 6.07 Å². The predicted octanol–water partition coefficient (Wildman–Crippen LogP) is 8.11. The van der Waals surface area contributed by atoms with Crippen LogP contribution in [0, 0.1) is 0 Å². The summed E-state index contributed by atoms with van der Waals surface area (Å²) in [5.74, 6) is 1.60. The predicted molar refractivity (Wildman–Crippen MR) is 201 cm³/mol. The Hall–Kier alpha value is -6.09. The van der Waals surface area contributed by atoms with Crippen molar-refractivity contribution in [3.63, 3.8) is 0 Å². The molecule has 2 N–H and O–H groups in total. The molecule has 9 rings (SSSR count). The number of fused-ring (bicyclic) bond motifs is 6. The van der Waals surface area contributed by atoms with E-state index < -0.39 is 7.12 Å². The van der Waals surface area contributed by atoms with Crippen LogP contribution in [0.2, 0.25) is 0 Å². The van der Waals surface area contributed by atoms with Crippen LogP contribution in [0.4, 0.5) is 0 Å². The summed E-state index contributed by atoms with van der Waals surface area (Å²) in [6.07, 6.45) is 0. The maximum absolute atomic E-state index is 10.2. The van der Waals surface area contributed by atoms with Gasteiger partial charge in [0.05, 0.1) is 22.1 Å². The summed E-state index contributed by atoms with van der Waals surface area (Å²) in [4.78, 5) is 15.0. The van der Waals surface area contributed by atoms with Gasteiger partial charge in [0.1, 0.15) is 0 Å². The van der Waals surface area contributed by atoms with Gasteiger partial charge in [-0.25, -0.2) is 4.98 Å². The maximum Gasteiger partial charge on any atom is 0.488 e. The molecule has 7 nitrogen and oxygen atoms in total. The Labute approximate surface area is 283 Å². The van der Waals surface area contributed by atoms with Gasteiger partial charge in [0, 0.05) is 38.4 Å². The Morgan fingerprint density at radius 1 is 0.449 bits per heavy atom. The Balaban J connectivity index is 0.00000171. The number of hydrogen-bond acceptors (Lipinski definition) is 5. The van der Waals surface area contributed by atoms with Crippen LogP contribution in [0.15, 0.2) is 146 Å². The Bertz CT molecular complexity index is 2540. The summed E-state index contributed by atoms with van der Waals surface area (Å²) in [7, 11) is -1.61. The highest BCUT2D eigenvalue weighted by atomic mass is 16.4. The van der Waals surface area contributed by atoms with Crippen molar-refractivity contribution >= 4 is 56.2 Å². The molecule has 0 saturated heterocycles. The van der Waals surface area contributed by atoms with Crippen LogP contribution in [0.3, 0.4) is 0 Å². The molecule has 0 atom stereocenters. The molecule has 0 radical (unpaired) electrons. The number of rotatable bonds is 5. The molecule has 0 saturated carbocycles. The molecule has 0 unspecified atom stereocenters. The van der Waals surface area contributed by atoms with Gasteiger partial charge in [0.25, 0.3) is 0 Å². The molecule has 0 amide bonds. The van der Waals surface area contributed by atoms with E-state index in [0.29, 0.717) is 23.1 Å². The van der Waals surface area contributed by atoms with Crippen molar-refractivity contribution in [3.05, 3.63) is 146 Å². The third-order valence-electron chi connectivity index (χ3n) is 8.78. The summed E-state index contributed by atoms with van der Waals surface area (Å²) in [5.41, 5.74) is 7.12. The van der Waals surface area contributed by atoms with Crippen LogP contribution in [-0.2, 0) is 0 Å². The lowest BCUT2D eigenvalue weighted by Crippen LogP contribution is -2.29. The fraction of sp³-hybridized carbons (Fsp3) is 0.0488. The van der Waals surface area contributed by atoms with Crippen LogP contribution in [-0.4, -0.2) is 41.3 Å². The molecule has 3 aromatic heterocycles. The SMILES string of the molecule is CC.OB(O)c1ccc2c(c1)c1cc3c(cc1n2-c1nc(-c2ccccc2)nc(-c2ccccc2)n1)c1ccccc1n3-c1ccccc1. The summed E-state index contributed by atoms with van der Waals surface area (Å²) in [5, 5.41) is 24.4. The van der Waals surface area contributed by atoms with E-state index in [0.717, 1.165) is 60.4 Å². The minimum absolute atomic E-state index is 0.408. The standard InChI is InChI=1S/C39H26BN5O2.C2H6/c46-40(47)27-20-21-34-30(22-27)32-24-35-31(29-18-10-11-19-33(29)44(35)28-16-8-3-9-17-28)23-36(32)45(34)39-42-37(25-12-4-1-5-13-25)41-38(43-39)26-14-6-2-7-15-26;1-2/h1-24,46-47H;1-2H3. The number of aromatic nitrogens is 5. The average Bonchev–Trinajstić information content (AvgIpc) is 3.67. The van der Waals surface area contributed by atoms with Gasteiger partial charge in [0.2, 0.25) is 5.95 Å². The molecule has 9 aromatic rings. The monoisotopic (exact) mass is 637 g/mol. The van der Waals surface area contributed by atoms with Gasteiger partial charge in [-0.2, -0.15) is 9.97 Å². The van der Waals surface area contributed by atoms with Crippen molar-refractivity contribution in [2.45, 2.75) is 13.8 Å². The maximum atomic E-state index is 10.2.